The van der Waals surface area contributed by atoms with Crippen molar-refractivity contribution in [3.8, 4) is 0 Å². The van der Waals surface area contributed by atoms with Gasteiger partial charge < -0.3 is 5.11 Å². The maximum absolute atomic E-state index is 12.6. The van der Waals surface area contributed by atoms with Gasteiger partial charge in [0.1, 0.15) is 0 Å². The van der Waals surface area contributed by atoms with E-state index in [1.165, 1.54) is 0 Å². The van der Waals surface area contributed by atoms with Gasteiger partial charge in [0.15, 0.2) is 0 Å². The standard InChI is InChI=1S/C9H5BrF3NO4/c10-8-4(2-7(15)16)1-5(14(17)18)3-6(8)9(11,12)13/h1,3H,2H2,(H,15,16). The van der Waals surface area contributed by atoms with E-state index in [1.54, 1.807) is 0 Å². The predicted octanol–water partition coefficient (Wildman–Crippen LogP) is 3.00. The van der Waals surface area contributed by atoms with E-state index in [0.29, 0.717) is 6.07 Å². The lowest BCUT2D eigenvalue weighted by Crippen LogP contribution is -2.10. The van der Waals surface area contributed by atoms with Gasteiger partial charge in [-0.05, 0) is 21.5 Å². The molecule has 0 atom stereocenters. The van der Waals surface area contributed by atoms with Crippen LogP contribution in [0, 0.1) is 10.1 Å². The first-order chi connectivity index (χ1) is 8.12. The number of hydrogen-bond acceptors (Lipinski definition) is 3. The zero-order chi connectivity index (χ0) is 14.1. The molecule has 0 spiro atoms. The van der Waals surface area contributed by atoms with Crippen LogP contribution in [0.4, 0.5) is 18.9 Å². The molecule has 0 heterocycles. The van der Waals surface area contributed by atoms with Crippen LogP contribution in [-0.4, -0.2) is 16.0 Å². The Morgan fingerprint density at radius 3 is 2.39 bits per heavy atom. The lowest BCUT2D eigenvalue weighted by atomic mass is 10.1. The zero-order valence-corrected chi connectivity index (χ0v) is 10.1. The van der Waals surface area contributed by atoms with Crippen molar-refractivity contribution in [3.63, 3.8) is 0 Å². The van der Waals surface area contributed by atoms with Gasteiger partial charge in [-0.3, -0.25) is 14.9 Å². The second-order valence-corrected chi connectivity index (χ2v) is 4.08. The van der Waals surface area contributed by atoms with Crippen LogP contribution in [-0.2, 0) is 17.4 Å². The number of aliphatic carboxylic acids is 1. The van der Waals surface area contributed by atoms with Crippen molar-refractivity contribution in [2.75, 3.05) is 0 Å². The molecule has 18 heavy (non-hydrogen) atoms. The topological polar surface area (TPSA) is 80.4 Å². The SMILES string of the molecule is O=C(O)Cc1cc([N+](=O)[O-])cc(C(F)(F)F)c1Br. The zero-order valence-electron chi connectivity index (χ0n) is 8.49. The Morgan fingerprint density at radius 2 is 2.00 bits per heavy atom. The van der Waals surface area contributed by atoms with Gasteiger partial charge in [0.05, 0.1) is 16.9 Å². The molecule has 0 saturated heterocycles. The van der Waals surface area contributed by atoms with E-state index in [2.05, 4.69) is 15.9 Å². The maximum Gasteiger partial charge on any atom is 0.417 e. The molecule has 0 saturated carbocycles. The van der Waals surface area contributed by atoms with Gasteiger partial charge in [0, 0.05) is 16.6 Å². The van der Waals surface area contributed by atoms with Crippen LogP contribution in [0.3, 0.4) is 0 Å². The number of carboxylic acids is 1. The first-order valence-corrected chi connectivity index (χ1v) is 5.18. The number of nitro groups is 1. The van der Waals surface area contributed by atoms with E-state index in [4.69, 9.17) is 5.11 Å². The van der Waals surface area contributed by atoms with Crippen LogP contribution in [0.25, 0.3) is 0 Å². The van der Waals surface area contributed by atoms with Gasteiger partial charge in [-0.15, -0.1) is 0 Å². The number of non-ortho nitro benzene ring substituents is 1. The van der Waals surface area contributed by atoms with Gasteiger partial charge >= 0.3 is 12.1 Å². The number of nitrogens with zero attached hydrogens (tertiary/aromatic N) is 1. The molecule has 1 rings (SSSR count). The van der Waals surface area contributed by atoms with Crippen LogP contribution in [0.1, 0.15) is 11.1 Å². The fraction of sp³-hybridized carbons (Fsp3) is 0.222. The van der Waals surface area contributed by atoms with Crippen molar-refractivity contribution in [3.05, 3.63) is 37.8 Å². The Labute approximate surface area is 106 Å². The van der Waals surface area contributed by atoms with Crippen LogP contribution in [0.2, 0.25) is 0 Å². The second kappa shape index (κ2) is 4.92. The highest BCUT2D eigenvalue weighted by Crippen LogP contribution is 2.39. The van der Waals surface area contributed by atoms with Crippen molar-refractivity contribution >= 4 is 27.6 Å². The van der Waals surface area contributed by atoms with E-state index in [9.17, 15) is 28.1 Å². The van der Waals surface area contributed by atoms with Gasteiger partial charge in [0.2, 0.25) is 0 Å². The molecule has 0 radical (unpaired) electrons. The Bertz CT molecular complexity index is 515. The van der Waals surface area contributed by atoms with Crippen molar-refractivity contribution in [2.45, 2.75) is 12.6 Å². The van der Waals surface area contributed by atoms with Gasteiger partial charge in [-0.25, -0.2) is 0 Å². The Hall–Kier alpha value is -1.64. The van der Waals surface area contributed by atoms with E-state index in [-0.39, 0.29) is 5.56 Å². The van der Waals surface area contributed by atoms with Crippen molar-refractivity contribution in [1.29, 1.82) is 0 Å². The van der Waals surface area contributed by atoms with Gasteiger partial charge in [-0.1, -0.05) is 0 Å². The number of halogens is 4. The van der Waals surface area contributed by atoms with Gasteiger partial charge in [-0.2, -0.15) is 13.2 Å². The smallest absolute Gasteiger partial charge is 0.417 e. The Morgan fingerprint density at radius 1 is 1.44 bits per heavy atom. The van der Waals surface area contributed by atoms with Crippen molar-refractivity contribution in [2.24, 2.45) is 0 Å². The van der Waals surface area contributed by atoms with E-state index >= 15 is 0 Å². The summed E-state index contributed by atoms with van der Waals surface area (Å²) in [5.41, 5.74) is -2.38. The summed E-state index contributed by atoms with van der Waals surface area (Å²) in [5.74, 6) is -1.38. The number of benzene rings is 1. The third-order valence-corrected chi connectivity index (χ3v) is 2.93. The molecule has 0 unspecified atom stereocenters. The highest BCUT2D eigenvalue weighted by Gasteiger charge is 2.36. The normalized spacial score (nSPS) is 11.3. The highest BCUT2D eigenvalue weighted by molar-refractivity contribution is 9.10. The highest BCUT2D eigenvalue weighted by atomic mass is 79.9. The van der Waals surface area contributed by atoms with Crippen molar-refractivity contribution in [1.82, 2.24) is 0 Å². The summed E-state index contributed by atoms with van der Waals surface area (Å²) in [7, 11) is 0. The second-order valence-electron chi connectivity index (χ2n) is 3.29. The molecule has 0 aliphatic carbocycles. The summed E-state index contributed by atoms with van der Waals surface area (Å²) in [4.78, 5) is 20.0. The fourth-order valence-corrected chi connectivity index (χ4v) is 1.86. The van der Waals surface area contributed by atoms with Gasteiger partial charge in [0.25, 0.3) is 5.69 Å². The molecule has 5 nitrogen and oxygen atoms in total. The largest absolute Gasteiger partial charge is 0.481 e. The van der Waals surface area contributed by atoms with Crippen LogP contribution < -0.4 is 0 Å². The van der Waals surface area contributed by atoms with Crippen LogP contribution in [0.5, 0.6) is 0 Å². The fourth-order valence-electron chi connectivity index (χ4n) is 1.27. The molecule has 9 heteroatoms. The predicted molar refractivity (Wildman–Crippen MR) is 57.1 cm³/mol. The first-order valence-electron chi connectivity index (χ1n) is 4.38. The molecule has 0 bridgehead atoms. The maximum atomic E-state index is 12.6. The third kappa shape index (κ3) is 3.19. The quantitative estimate of drug-likeness (QED) is 0.683. The number of rotatable bonds is 3. The summed E-state index contributed by atoms with van der Waals surface area (Å²) in [5, 5.41) is 19.0. The van der Waals surface area contributed by atoms with Crippen molar-refractivity contribution < 1.29 is 28.0 Å². The molecular formula is C9H5BrF3NO4. The number of nitro benzene ring substituents is 1. The summed E-state index contributed by atoms with van der Waals surface area (Å²) >= 11 is 2.62. The van der Waals surface area contributed by atoms with Crippen LogP contribution >= 0.6 is 15.9 Å². The molecule has 1 aromatic rings. The average molecular weight is 328 g/mol. The van der Waals surface area contributed by atoms with E-state index < -0.39 is 39.2 Å². The monoisotopic (exact) mass is 327 g/mol. The summed E-state index contributed by atoms with van der Waals surface area (Å²) in [6, 6.07) is 1.16. The molecule has 0 amide bonds. The third-order valence-electron chi connectivity index (χ3n) is 1.99. The molecule has 98 valence electrons. The number of hydrogen-bond donors (Lipinski definition) is 1. The number of carboxylic acid groups (broad SMARTS) is 1. The molecule has 0 aliphatic rings. The lowest BCUT2D eigenvalue weighted by Gasteiger charge is -2.11. The first kappa shape index (κ1) is 14.4. The van der Waals surface area contributed by atoms with Crippen LogP contribution in [0.15, 0.2) is 16.6 Å². The summed E-state index contributed by atoms with van der Waals surface area (Å²) < 4.78 is 37.3. The van der Waals surface area contributed by atoms with E-state index in [0.717, 1.165) is 6.07 Å². The number of alkyl halides is 3. The average Bonchev–Trinajstić information content (AvgIpc) is 2.18. The Kier molecular flexibility index (Phi) is 3.95. The van der Waals surface area contributed by atoms with E-state index in [1.807, 2.05) is 0 Å². The molecule has 0 aliphatic heterocycles. The molecular weight excluding hydrogens is 323 g/mol. The summed E-state index contributed by atoms with van der Waals surface area (Å²) in [6.07, 6.45) is -5.55. The molecule has 0 aromatic heterocycles. The Balaban J connectivity index is 3.47. The molecule has 0 fully saturated rings. The summed E-state index contributed by atoms with van der Waals surface area (Å²) in [6.45, 7) is 0. The molecule has 1 N–H and O–H groups in total. The molecule has 1 aromatic carbocycles. The minimum Gasteiger partial charge on any atom is -0.481 e. The minimum atomic E-state index is -4.81. The number of carbonyl (C=O) groups is 1. The lowest BCUT2D eigenvalue weighted by molar-refractivity contribution is -0.385. The minimum absolute atomic E-state index is 0.302.